The van der Waals surface area contributed by atoms with E-state index in [1.165, 1.54) is 4.31 Å². The predicted octanol–water partition coefficient (Wildman–Crippen LogP) is 3.17. The van der Waals surface area contributed by atoms with Crippen molar-refractivity contribution in [2.45, 2.75) is 17.9 Å². The minimum Gasteiger partial charge on any atom is -0.387 e. The fourth-order valence-corrected chi connectivity index (χ4v) is 4.40. The quantitative estimate of drug-likeness (QED) is 0.923. The summed E-state index contributed by atoms with van der Waals surface area (Å²) >= 11 is 1.56. The van der Waals surface area contributed by atoms with Gasteiger partial charge in [-0.25, -0.2) is 8.42 Å². The van der Waals surface area contributed by atoms with Crippen LogP contribution in [-0.4, -0.2) is 26.8 Å². The van der Waals surface area contributed by atoms with Gasteiger partial charge >= 0.3 is 0 Å². The minimum atomic E-state index is -3.53. The first kappa shape index (κ1) is 15.0. The summed E-state index contributed by atoms with van der Waals surface area (Å²) in [5.74, 6) is 0. The van der Waals surface area contributed by atoms with Gasteiger partial charge < -0.3 is 5.32 Å². The average molecular weight is 310 g/mol. The molecule has 2 aromatic rings. The molecule has 0 fully saturated rings. The van der Waals surface area contributed by atoms with E-state index in [0.29, 0.717) is 10.6 Å². The Bertz CT molecular complexity index is 666. The van der Waals surface area contributed by atoms with Crippen LogP contribution >= 0.6 is 11.3 Å². The van der Waals surface area contributed by atoms with Gasteiger partial charge in [0.1, 0.15) is 4.90 Å². The Labute approximate surface area is 124 Å². The van der Waals surface area contributed by atoms with E-state index in [4.69, 9.17) is 0 Å². The molecule has 0 saturated heterocycles. The van der Waals surface area contributed by atoms with Crippen LogP contribution in [0.2, 0.25) is 0 Å². The SMILES string of the molecule is CNc1ccccc1S(=O)(=O)N(C)C(C)c1cccs1. The third-order valence-corrected chi connectivity index (χ3v) is 6.34. The van der Waals surface area contributed by atoms with E-state index in [9.17, 15) is 8.42 Å². The van der Waals surface area contributed by atoms with Crippen molar-refractivity contribution in [1.29, 1.82) is 0 Å². The second kappa shape index (κ2) is 5.95. The normalized spacial score (nSPS) is 13.4. The molecule has 6 heteroatoms. The van der Waals surface area contributed by atoms with E-state index in [2.05, 4.69) is 5.32 Å². The summed E-state index contributed by atoms with van der Waals surface area (Å²) in [5.41, 5.74) is 0.609. The van der Waals surface area contributed by atoms with Crippen molar-refractivity contribution in [1.82, 2.24) is 4.31 Å². The van der Waals surface area contributed by atoms with Crippen LogP contribution in [0.25, 0.3) is 0 Å². The first-order valence-corrected chi connectivity index (χ1v) is 8.58. The van der Waals surface area contributed by atoms with Gasteiger partial charge in [-0.05, 0) is 30.5 Å². The van der Waals surface area contributed by atoms with Gasteiger partial charge in [-0.2, -0.15) is 4.31 Å². The minimum absolute atomic E-state index is 0.190. The Morgan fingerprint density at radius 2 is 1.90 bits per heavy atom. The van der Waals surface area contributed by atoms with Gasteiger partial charge in [-0.1, -0.05) is 18.2 Å². The van der Waals surface area contributed by atoms with Crippen molar-refractivity contribution >= 4 is 27.0 Å². The Morgan fingerprint density at radius 1 is 1.20 bits per heavy atom. The fraction of sp³-hybridized carbons (Fsp3) is 0.286. The summed E-state index contributed by atoms with van der Waals surface area (Å²) in [4.78, 5) is 1.33. The Hall–Kier alpha value is -1.37. The van der Waals surface area contributed by atoms with E-state index in [-0.39, 0.29) is 6.04 Å². The van der Waals surface area contributed by atoms with Crippen molar-refractivity contribution in [3.63, 3.8) is 0 Å². The molecule has 0 aliphatic heterocycles. The van der Waals surface area contributed by atoms with Crippen LogP contribution in [0.4, 0.5) is 5.69 Å². The Morgan fingerprint density at radius 3 is 2.50 bits per heavy atom. The summed E-state index contributed by atoms with van der Waals surface area (Å²) < 4.78 is 26.9. The first-order valence-electron chi connectivity index (χ1n) is 6.26. The van der Waals surface area contributed by atoms with Crippen LogP contribution in [0.15, 0.2) is 46.7 Å². The van der Waals surface area contributed by atoms with Gasteiger partial charge in [-0.15, -0.1) is 11.3 Å². The van der Waals surface area contributed by atoms with Crippen molar-refractivity contribution in [2.24, 2.45) is 0 Å². The Kier molecular flexibility index (Phi) is 4.47. The molecular formula is C14H18N2O2S2. The largest absolute Gasteiger partial charge is 0.387 e. The molecule has 1 unspecified atom stereocenters. The first-order chi connectivity index (χ1) is 9.48. The van der Waals surface area contributed by atoms with E-state index in [1.54, 1.807) is 43.6 Å². The summed E-state index contributed by atoms with van der Waals surface area (Å²) in [6, 6.07) is 10.6. The number of para-hydroxylation sites is 1. The van der Waals surface area contributed by atoms with Crippen LogP contribution in [0.1, 0.15) is 17.8 Å². The van der Waals surface area contributed by atoms with Gasteiger partial charge in [0, 0.05) is 19.0 Å². The molecule has 0 saturated carbocycles. The van der Waals surface area contributed by atoms with Gasteiger partial charge in [0.15, 0.2) is 0 Å². The number of benzene rings is 1. The van der Waals surface area contributed by atoms with Crippen LogP contribution in [0, 0.1) is 0 Å². The van der Waals surface area contributed by atoms with E-state index in [0.717, 1.165) is 4.88 Å². The maximum Gasteiger partial charge on any atom is 0.245 e. The lowest BCUT2D eigenvalue weighted by molar-refractivity contribution is 0.403. The highest BCUT2D eigenvalue weighted by molar-refractivity contribution is 7.89. The van der Waals surface area contributed by atoms with Crippen LogP contribution < -0.4 is 5.32 Å². The number of hydrogen-bond acceptors (Lipinski definition) is 4. The van der Waals surface area contributed by atoms with Gasteiger partial charge in [0.05, 0.1) is 11.7 Å². The molecule has 0 bridgehead atoms. The molecule has 2 rings (SSSR count). The molecule has 1 atom stereocenters. The standard InChI is InChI=1S/C14H18N2O2S2/c1-11(13-8-6-10-19-13)16(3)20(17,18)14-9-5-4-7-12(14)15-2/h4-11,15H,1-3H3. The second-order valence-electron chi connectivity index (χ2n) is 4.46. The lowest BCUT2D eigenvalue weighted by Gasteiger charge is -2.24. The fourth-order valence-electron chi connectivity index (χ4n) is 1.97. The molecular weight excluding hydrogens is 292 g/mol. The Balaban J connectivity index is 2.39. The average Bonchev–Trinajstić information content (AvgIpc) is 2.99. The third-order valence-electron chi connectivity index (χ3n) is 3.31. The number of sulfonamides is 1. The van der Waals surface area contributed by atoms with Crippen LogP contribution in [-0.2, 0) is 10.0 Å². The summed E-state index contributed by atoms with van der Waals surface area (Å²) in [6.07, 6.45) is 0. The molecule has 1 aromatic heterocycles. The topological polar surface area (TPSA) is 49.4 Å². The zero-order valence-corrected chi connectivity index (χ0v) is 13.3. The second-order valence-corrected chi connectivity index (χ2v) is 7.40. The number of hydrogen-bond donors (Lipinski definition) is 1. The summed E-state index contributed by atoms with van der Waals surface area (Å²) in [6.45, 7) is 1.89. The molecule has 0 radical (unpaired) electrons. The maximum absolute atomic E-state index is 12.7. The summed E-state index contributed by atoms with van der Waals surface area (Å²) in [5, 5.41) is 4.88. The van der Waals surface area contributed by atoms with E-state index >= 15 is 0 Å². The molecule has 108 valence electrons. The van der Waals surface area contributed by atoms with Crippen molar-refractivity contribution in [2.75, 3.05) is 19.4 Å². The van der Waals surface area contributed by atoms with E-state index < -0.39 is 10.0 Å². The lowest BCUT2D eigenvalue weighted by atomic mass is 10.3. The van der Waals surface area contributed by atoms with Crippen molar-refractivity contribution < 1.29 is 8.42 Å². The number of anilines is 1. The van der Waals surface area contributed by atoms with Crippen LogP contribution in [0.5, 0.6) is 0 Å². The predicted molar refractivity (Wildman–Crippen MR) is 83.7 cm³/mol. The summed E-state index contributed by atoms with van der Waals surface area (Å²) in [7, 11) is -0.193. The smallest absolute Gasteiger partial charge is 0.245 e. The van der Waals surface area contributed by atoms with Gasteiger partial charge in [0.25, 0.3) is 0 Å². The third kappa shape index (κ3) is 2.72. The highest BCUT2D eigenvalue weighted by Crippen LogP contribution is 2.31. The number of nitrogens with zero attached hydrogens (tertiary/aromatic N) is 1. The maximum atomic E-state index is 12.7. The van der Waals surface area contributed by atoms with Crippen molar-refractivity contribution in [3.05, 3.63) is 46.7 Å². The molecule has 1 N–H and O–H groups in total. The molecule has 4 nitrogen and oxygen atoms in total. The highest BCUT2D eigenvalue weighted by Gasteiger charge is 2.28. The van der Waals surface area contributed by atoms with Crippen LogP contribution in [0.3, 0.4) is 0 Å². The molecule has 0 amide bonds. The van der Waals surface area contributed by atoms with Gasteiger partial charge in [0.2, 0.25) is 10.0 Å². The molecule has 0 spiro atoms. The van der Waals surface area contributed by atoms with E-state index in [1.807, 2.05) is 30.5 Å². The molecule has 1 heterocycles. The molecule has 1 aromatic carbocycles. The number of nitrogens with one attached hydrogen (secondary N) is 1. The zero-order valence-electron chi connectivity index (χ0n) is 11.7. The lowest BCUT2D eigenvalue weighted by Crippen LogP contribution is -2.29. The van der Waals surface area contributed by atoms with Gasteiger partial charge in [-0.3, -0.25) is 0 Å². The highest BCUT2D eigenvalue weighted by atomic mass is 32.2. The number of rotatable bonds is 5. The molecule has 0 aliphatic carbocycles. The molecule has 20 heavy (non-hydrogen) atoms. The number of thiophene rings is 1. The monoisotopic (exact) mass is 310 g/mol. The van der Waals surface area contributed by atoms with Crippen molar-refractivity contribution in [3.8, 4) is 0 Å². The zero-order chi connectivity index (χ0) is 14.8. The molecule has 0 aliphatic rings.